The average molecular weight is 435 g/mol. The van der Waals surface area contributed by atoms with Crippen LogP contribution in [0.25, 0.3) is 0 Å². The minimum absolute atomic E-state index is 0.0354. The van der Waals surface area contributed by atoms with E-state index in [1.807, 2.05) is 0 Å². The van der Waals surface area contributed by atoms with Crippen LogP contribution in [0.1, 0.15) is 31.8 Å². The number of carboxylic acids is 1. The molecule has 0 aromatic heterocycles. The van der Waals surface area contributed by atoms with Crippen LogP contribution in [0.15, 0.2) is 47.0 Å². The molecule has 2 N–H and O–H groups in total. The number of carboxylic acid groups (broad SMARTS) is 1. The second kappa shape index (κ2) is 6.86. The van der Waals surface area contributed by atoms with Gasteiger partial charge >= 0.3 is 5.97 Å². The maximum Gasteiger partial charge on any atom is 0.328 e. The number of carbonyl (C=O) groups is 4. The molecule has 2 aromatic carbocycles. The molecular formula is C18H9BrClNO5. The zero-order valence-corrected chi connectivity index (χ0v) is 15.2. The first kappa shape index (κ1) is 18.0. The fourth-order valence-electron chi connectivity index (χ4n) is 2.61. The van der Waals surface area contributed by atoms with Gasteiger partial charge in [-0.3, -0.25) is 14.4 Å². The minimum Gasteiger partial charge on any atom is -0.478 e. The summed E-state index contributed by atoms with van der Waals surface area (Å²) in [6.07, 6.45) is 1.48. The van der Waals surface area contributed by atoms with Crippen molar-refractivity contribution in [2.45, 2.75) is 0 Å². The first-order valence-corrected chi connectivity index (χ1v) is 8.40. The number of rotatable bonds is 3. The summed E-state index contributed by atoms with van der Waals surface area (Å²) in [5.74, 6) is -2.75. The average Bonchev–Trinajstić information content (AvgIpc) is 2.61. The molecule has 0 unspecified atom stereocenters. The van der Waals surface area contributed by atoms with Crippen molar-refractivity contribution in [3.8, 4) is 0 Å². The lowest BCUT2D eigenvalue weighted by molar-refractivity contribution is -0.131. The van der Waals surface area contributed by atoms with E-state index in [4.69, 9.17) is 16.7 Å². The number of benzene rings is 2. The third-order valence-electron chi connectivity index (χ3n) is 3.73. The van der Waals surface area contributed by atoms with Crippen LogP contribution in [0.2, 0.25) is 5.02 Å². The van der Waals surface area contributed by atoms with Crippen molar-refractivity contribution in [2.24, 2.45) is 0 Å². The Kier molecular flexibility index (Phi) is 4.76. The van der Waals surface area contributed by atoms with Gasteiger partial charge in [-0.05, 0) is 22.0 Å². The SMILES string of the molecule is O=C(O)/C=C\C(=O)Nc1c(Cl)cc2c(c1Br)C(=O)c1ccccc1C2=O. The molecule has 0 atom stereocenters. The fraction of sp³-hybridized carbons (Fsp3) is 0. The number of hydrogen-bond acceptors (Lipinski definition) is 4. The Bertz CT molecular complexity index is 1030. The first-order valence-electron chi connectivity index (χ1n) is 7.23. The van der Waals surface area contributed by atoms with Crippen LogP contribution < -0.4 is 5.32 Å². The summed E-state index contributed by atoms with van der Waals surface area (Å²) in [6, 6.07) is 7.74. The Morgan fingerprint density at radius 2 is 1.65 bits per heavy atom. The summed E-state index contributed by atoms with van der Waals surface area (Å²) in [5.41, 5.74) is 0.844. The smallest absolute Gasteiger partial charge is 0.328 e. The highest BCUT2D eigenvalue weighted by molar-refractivity contribution is 9.10. The standard InChI is InChI=1S/C18H9BrClNO5/c19-15-14-10(17(25)8-3-1-2-4-9(8)18(14)26)7-11(20)16(15)21-12(22)5-6-13(23)24/h1-7H,(H,21,22)(H,23,24)/b6-5-. The van der Waals surface area contributed by atoms with E-state index in [0.717, 1.165) is 6.08 Å². The van der Waals surface area contributed by atoms with Crippen LogP contribution in [0.4, 0.5) is 5.69 Å². The monoisotopic (exact) mass is 433 g/mol. The summed E-state index contributed by atoms with van der Waals surface area (Å²) >= 11 is 9.40. The Morgan fingerprint density at radius 3 is 2.27 bits per heavy atom. The van der Waals surface area contributed by atoms with Crippen LogP contribution in [0, 0.1) is 0 Å². The van der Waals surface area contributed by atoms with Crippen molar-refractivity contribution in [2.75, 3.05) is 5.32 Å². The molecule has 26 heavy (non-hydrogen) atoms. The van der Waals surface area contributed by atoms with Gasteiger partial charge in [-0.25, -0.2) is 4.79 Å². The Morgan fingerprint density at radius 1 is 1.04 bits per heavy atom. The summed E-state index contributed by atoms with van der Waals surface area (Å²) in [7, 11) is 0. The number of fused-ring (bicyclic) bond motifs is 2. The highest BCUT2D eigenvalue weighted by Crippen LogP contribution is 2.40. The van der Waals surface area contributed by atoms with Gasteiger partial charge in [0.05, 0.1) is 20.7 Å². The predicted octanol–water partition coefficient (Wildman–Crippen LogP) is 3.46. The largest absolute Gasteiger partial charge is 0.478 e. The first-order chi connectivity index (χ1) is 12.3. The van der Waals surface area contributed by atoms with Crippen molar-refractivity contribution in [1.29, 1.82) is 0 Å². The van der Waals surface area contributed by atoms with E-state index in [-0.39, 0.29) is 49.0 Å². The Balaban J connectivity index is 2.10. The molecule has 130 valence electrons. The molecule has 0 bridgehead atoms. The van der Waals surface area contributed by atoms with Crippen LogP contribution in [-0.4, -0.2) is 28.5 Å². The van der Waals surface area contributed by atoms with E-state index in [2.05, 4.69) is 21.2 Å². The van der Waals surface area contributed by atoms with Gasteiger partial charge in [0.2, 0.25) is 5.91 Å². The van der Waals surface area contributed by atoms with Gasteiger partial charge < -0.3 is 10.4 Å². The van der Waals surface area contributed by atoms with Gasteiger partial charge in [-0.15, -0.1) is 0 Å². The lowest BCUT2D eigenvalue weighted by atomic mass is 9.84. The van der Waals surface area contributed by atoms with Crippen molar-refractivity contribution in [1.82, 2.24) is 0 Å². The van der Waals surface area contributed by atoms with Crippen LogP contribution >= 0.6 is 27.5 Å². The zero-order chi connectivity index (χ0) is 19.0. The number of halogens is 2. The van der Waals surface area contributed by atoms with E-state index in [0.29, 0.717) is 6.08 Å². The van der Waals surface area contributed by atoms with Gasteiger partial charge in [-0.1, -0.05) is 35.9 Å². The normalized spacial score (nSPS) is 12.7. The summed E-state index contributed by atoms with van der Waals surface area (Å²) < 4.78 is 0.157. The second-order valence-electron chi connectivity index (χ2n) is 5.33. The van der Waals surface area contributed by atoms with E-state index >= 15 is 0 Å². The molecule has 8 heteroatoms. The zero-order valence-electron chi connectivity index (χ0n) is 12.9. The Labute approximate surface area is 160 Å². The van der Waals surface area contributed by atoms with Crippen molar-refractivity contribution < 1.29 is 24.3 Å². The third kappa shape index (κ3) is 3.07. The van der Waals surface area contributed by atoms with Gasteiger partial charge in [0.1, 0.15) is 0 Å². The topological polar surface area (TPSA) is 101 Å². The second-order valence-corrected chi connectivity index (χ2v) is 6.53. The molecule has 0 heterocycles. The van der Waals surface area contributed by atoms with Gasteiger partial charge in [0, 0.05) is 28.8 Å². The Hall–Kier alpha value is -2.77. The lowest BCUT2D eigenvalue weighted by Gasteiger charge is -2.21. The highest BCUT2D eigenvalue weighted by atomic mass is 79.9. The van der Waals surface area contributed by atoms with E-state index in [1.165, 1.54) is 6.07 Å². The number of anilines is 1. The predicted molar refractivity (Wildman–Crippen MR) is 97.9 cm³/mol. The number of aliphatic carboxylic acids is 1. The molecule has 1 amide bonds. The summed E-state index contributed by atoms with van der Waals surface area (Å²) in [4.78, 5) is 47.8. The highest BCUT2D eigenvalue weighted by Gasteiger charge is 2.33. The summed E-state index contributed by atoms with van der Waals surface area (Å²) in [6.45, 7) is 0. The van der Waals surface area contributed by atoms with E-state index < -0.39 is 11.9 Å². The number of carbonyl (C=O) groups excluding carboxylic acids is 3. The number of hydrogen-bond donors (Lipinski definition) is 2. The van der Waals surface area contributed by atoms with E-state index in [9.17, 15) is 19.2 Å². The van der Waals surface area contributed by atoms with E-state index in [1.54, 1.807) is 24.3 Å². The quantitative estimate of drug-likeness (QED) is 0.615. The molecule has 0 saturated heterocycles. The molecular weight excluding hydrogens is 426 g/mol. The molecule has 0 radical (unpaired) electrons. The maximum absolute atomic E-state index is 12.8. The molecule has 6 nitrogen and oxygen atoms in total. The molecule has 2 aromatic rings. The maximum atomic E-state index is 12.8. The fourth-order valence-corrected chi connectivity index (χ4v) is 3.68. The number of ketones is 2. The van der Waals surface area contributed by atoms with Crippen molar-refractivity contribution >= 4 is 56.7 Å². The molecule has 0 fully saturated rings. The van der Waals surface area contributed by atoms with Crippen LogP contribution in [0.5, 0.6) is 0 Å². The van der Waals surface area contributed by atoms with Crippen LogP contribution in [-0.2, 0) is 9.59 Å². The van der Waals surface area contributed by atoms with Gasteiger partial charge in [0.25, 0.3) is 0 Å². The van der Waals surface area contributed by atoms with Gasteiger partial charge in [0.15, 0.2) is 11.6 Å². The number of nitrogens with one attached hydrogen (secondary N) is 1. The molecule has 0 aliphatic heterocycles. The van der Waals surface area contributed by atoms with Crippen molar-refractivity contribution in [3.63, 3.8) is 0 Å². The third-order valence-corrected chi connectivity index (χ3v) is 4.82. The summed E-state index contributed by atoms with van der Waals surface area (Å²) in [5, 5.41) is 11.0. The minimum atomic E-state index is -1.28. The molecule has 0 saturated carbocycles. The number of amides is 1. The van der Waals surface area contributed by atoms with Crippen molar-refractivity contribution in [3.05, 3.63) is 74.2 Å². The molecule has 3 rings (SSSR count). The lowest BCUT2D eigenvalue weighted by Crippen LogP contribution is -2.22. The molecule has 0 spiro atoms. The van der Waals surface area contributed by atoms with Gasteiger partial charge in [-0.2, -0.15) is 0 Å². The van der Waals surface area contributed by atoms with Crippen LogP contribution in [0.3, 0.4) is 0 Å². The molecule has 1 aliphatic rings. The molecule has 1 aliphatic carbocycles.